The lowest BCUT2D eigenvalue weighted by molar-refractivity contribution is -0.143. The Labute approximate surface area is 243 Å². The first-order valence-electron chi connectivity index (χ1n) is 14.3. The van der Waals surface area contributed by atoms with Crippen LogP contribution in [0.5, 0.6) is 0 Å². The molecule has 0 spiro atoms. The normalized spacial score (nSPS) is 23.1. The topological polar surface area (TPSA) is 91.8 Å². The van der Waals surface area contributed by atoms with Gasteiger partial charge in [-0.3, -0.25) is 14.3 Å². The van der Waals surface area contributed by atoms with Gasteiger partial charge in [0.05, 0.1) is 13.2 Å². The van der Waals surface area contributed by atoms with E-state index in [2.05, 4.69) is 107 Å². The Morgan fingerprint density at radius 2 is 1.27 bits per heavy atom. The van der Waals surface area contributed by atoms with Gasteiger partial charge in [-0.15, -0.1) is 0 Å². The molecule has 40 heavy (non-hydrogen) atoms. The van der Waals surface area contributed by atoms with E-state index in [4.69, 9.17) is 18.0 Å². The van der Waals surface area contributed by atoms with E-state index in [0.717, 1.165) is 4.57 Å². The van der Waals surface area contributed by atoms with Crippen molar-refractivity contribution in [3.8, 4) is 0 Å². The van der Waals surface area contributed by atoms with Crippen molar-refractivity contribution < 1.29 is 22.4 Å². The average Bonchev–Trinajstić information content (AvgIpc) is 3.00. The van der Waals surface area contributed by atoms with Crippen molar-refractivity contribution in [1.29, 1.82) is 0 Å². The summed E-state index contributed by atoms with van der Waals surface area (Å²) in [5, 5.41) is -0.383. The zero-order chi connectivity index (χ0) is 31.3. The minimum absolute atomic E-state index is 0.0619. The largest absolute Gasteiger partial charge is 0.414 e. The zero-order valence-electron chi connectivity index (χ0n) is 27.6. The van der Waals surface area contributed by atoms with Gasteiger partial charge in [-0.2, -0.15) is 0 Å². The molecule has 1 unspecified atom stereocenters. The van der Waals surface area contributed by atoms with Crippen LogP contribution in [0.1, 0.15) is 68.5 Å². The van der Waals surface area contributed by atoms with Crippen LogP contribution in [0.4, 0.5) is 4.39 Å². The molecule has 1 aliphatic heterocycles. The molecule has 0 radical (unpaired) electrons. The van der Waals surface area contributed by atoms with Gasteiger partial charge in [-0.1, -0.05) is 62.3 Å². The third-order valence-corrected chi connectivity index (χ3v) is 23.2. The van der Waals surface area contributed by atoms with Crippen LogP contribution in [0, 0.1) is 0 Å². The Morgan fingerprint density at radius 3 is 1.65 bits per heavy atom. The fourth-order valence-electron chi connectivity index (χ4n) is 3.63. The molecular formula is C28H55FN2O6Si3. The first kappa shape index (κ1) is 35.3. The predicted octanol–water partition coefficient (Wildman–Crippen LogP) is 6.58. The summed E-state index contributed by atoms with van der Waals surface area (Å²) in [7, 11) is -7.14. The first-order chi connectivity index (χ1) is 17.7. The summed E-state index contributed by atoms with van der Waals surface area (Å²) < 4.78 is 44.8. The quantitative estimate of drug-likeness (QED) is 0.315. The molecule has 12 heteroatoms. The van der Waals surface area contributed by atoms with Gasteiger partial charge in [0.15, 0.2) is 37.4 Å². The van der Waals surface area contributed by atoms with E-state index in [1.807, 2.05) is 0 Å². The van der Waals surface area contributed by atoms with Gasteiger partial charge < -0.3 is 18.0 Å². The average molecular weight is 619 g/mol. The number of hydrogen-bond acceptors (Lipinski definition) is 6. The number of H-pyrrole nitrogens is 1. The summed E-state index contributed by atoms with van der Waals surface area (Å²) in [6, 6.07) is 1.19. The molecule has 0 saturated carbocycles. The molecule has 2 heterocycles. The SMILES string of the molecule is CC(C)(C)[Si](C)(C)OCC1(CO[Si](C)(C)C(C)(C)C)O[C@@H](n2ccc(=O)[nH]c2=O)[C@H](F)C1O[Si](C)(C)C(C)(C)C. The van der Waals surface area contributed by atoms with Gasteiger partial charge in [-0.25, -0.2) is 9.18 Å². The standard InChI is InChI=1S/C28H55FN2O6Si3/c1-25(2,3)38(10,11)34-18-28(19-35-39(12,13)26(4,5)6)22(37-40(14,15)27(7,8)9)21(29)23(36-28)31-17-16-20(32)30-24(31)33/h16-17,21-23H,18-19H2,1-15H3,(H,30,32,33)/t21-,22?,23-/m1/s1. The molecule has 1 aliphatic rings. The van der Waals surface area contributed by atoms with Gasteiger partial charge in [0.2, 0.25) is 0 Å². The summed E-state index contributed by atoms with van der Waals surface area (Å²) in [4.78, 5) is 26.8. The molecule has 1 fully saturated rings. The number of aromatic nitrogens is 2. The molecule has 1 saturated heterocycles. The Kier molecular flexibility index (Phi) is 9.98. The second-order valence-corrected chi connectivity index (χ2v) is 30.3. The van der Waals surface area contributed by atoms with E-state index in [9.17, 15) is 9.59 Å². The van der Waals surface area contributed by atoms with Crippen molar-refractivity contribution in [3.05, 3.63) is 33.1 Å². The molecule has 2 rings (SSSR count). The Hall–Kier alpha value is -0.899. The molecule has 0 amide bonds. The van der Waals surface area contributed by atoms with Crippen LogP contribution >= 0.6 is 0 Å². The lowest BCUT2D eigenvalue weighted by Crippen LogP contribution is -2.60. The van der Waals surface area contributed by atoms with Gasteiger partial charge in [0.1, 0.15) is 11.7 Å². The van der Waals surface area contributed by atoms with Crippen LogP contribution in [0.15, 0.2) is 21.9 Å². The number of rotatable bonds is 9. The summed E-state index contributed by atoms with van der Waals surface area (Å²) in [6.07, 6.45) is -2.79. The number of hydrogen-bond donors (Lipinski definition) is 1. The number of alkyl halides is 1. The van der Waals surface area contributed by atoms with Crippen molar-refractivity contribution in [2.24, 2.45) is 0 Å². The van der Waals surface area contributed by atoms with Crippen LogP contribution in [-0.2, 0) is 18.0 Å². The highest BCUT2D eigenvalue weighted by Crippen LogP contribution is 2.48. The van der Waals surface area contributed by atoms with Gasteiger partial charge in [-0.05, 0) is 54.4 Å². The number of aromatic amines is 1. The molecule has 0 aromatic carbocycles. The van der Waals surface area contributed by atoms with E-state index in [1.165, 1.54) is 12.3 Å². The van der Waals surface area contributed by atoms with Crippen molar-refractivity contribution in [2.75, 3.05) is 13.2 Å². The molecule has 0 bridgehead atoms. The van der Waals surface area contributed by atoms with Crippen molar-refractivity contribution in [2.45, 2.75) is 141 Å². The highest BCUT2D eigenvalue weighted by atomic mass is 28.4. The van der Waals surface area contributed by atoms with E-state index < -0.39 is 60.3 Å². The molecular weight excluding hydrogens is 564 g/mol. The third kappa shape index (κ3) is 7.35. The summed E-state index contributed by atoms with van der Waals surface area (Å²) in [5.41, 5.74) is -2.62. The van der Waals surface area contributed by atoms with Gasteiger partial charge in [0.25, 0.3) is 5.56 Å². The minimum Gasteiger partial charge on any atom is -0.414 e. The lowest BCUT2D eigenvalue weighted by Gasteiger charge is -2.46. The maximum Gasteiger partial charge on any atom is 0.330 e. The van der Waals surface area contributed by atoms with Crippen LogP contribution in [-0.4, -0.2) is 65.6 Å². The summed E-state index contributed by atoms with van der Waals surface area (Å²) >= 11 is 0. The van der Waals surface area contributed by atoms with Crippen molar-refractivity contribution in [1.82, 2.24) is 9.55 Å². The fourth-order valence-corrected chi connectivity index (χ4v) is 7.04. The maximum absolute atomic E-state index is 16.8. The smallest absolute Gasteiger partial charge is 0.330 e. The fraction of sp³-hybridized carbons (Fsp3) is 0.857. The van der Waals surface area contributed by atoms with Crippen molar-refractivity contribution in [3.63, 3.8) is 0 Å². The van der Waals surface area contributed by atoms with E-state index >= 15 is 4.39 Å². The molecule has 8 nitrogen and oxygen atoms in total. The lowest BCUT2D eigenvalue weighted by atomic mass is 9.98. The second kappa shape index (κ2) is 11.3. The van der Waals surface area contributed by atoms with Crippen LogP contribution in [0.2, 0.25) is 54.4 Å². The zero-order valence-corrected chi connectivity index (χ0v) is 30.6. The third-order valence-electron chi connectivity index (χ3n) is 9.76. The van der Waals surface area contributed by atoms with E-state index in [-0.39, 0.29) is 28.3 Å². The number of nitrogens with one attached hydrogen (secondary N) is 1. The molecule has 0 aliphatic carbocycles. The molecule has 1 aromatic rings. The number of ether oxygens (including phenoxy) is 1. The summed E-state index contributed by atoms with van der Waals surface area (Å²) in [6.45, 7) is 32.1. The van der Waals surface area contributed by atoms with E-state index in [0.29, 0.717) is 0 Å². The number of halogens is 1. The Balaban J connectivity index is 2.73. The molecule has 232 valence electrons. The monoisotopic (exact) mass is 618 g/mol. The molecule has 3 atom stereocenters. The number of nitrogens with zero attached hydrogens (tertiary/aromatic N) is 1. The summed E-state index contributed by atoms with van der Waals surface area (Å²) in [5.74, 6) is 0. The first-order valence-corrected chi connectivity index (χ1v) is 23.0. The van der Waals surface area contributed by atoms with Crippen LogP contribution in [0.25, 0.3) is 0 Å². The minimum atomic E-state index is -2.53. The highest BCUT2D eigenvalue weighted by molar-refractivity contribution is 6.75. The molecule has 1 aromatic heterocycles. The highest BCUT2D eigenvalue weighted by Gasteiger charge is 2.61. The van der Waals surface area contributed by atoms with Crippen LogP contribution in [0.3, 0.4) is 0 Å². The van der Waals surface area contributed by atoms with Crippen molar-refractivity contribution >= 4 is 25.0 Å². The molecule has 1 N–H and O–H groups in total. The van der Waals surface area contributed by atoms with Gasteiger partial charge in [0, 0.05) is 12.3 Å². The Morgan fingerprint density at radius 1 is 0.850 bits per heavy atom. The second-order valence-electron chi connectivity index (χ2n) is 15.9. The van der Waals surface area contributed by atoms with Crippen LogP contribution < -0.4 is 11.2 Å². The van der Waals surface area contributed by atoms with E-state index in [1.54, 1.807) is 0 Å². The maximum atomic E-state index is 16.8. The predicted molar refractivity (Wildman–Crippen MR) is 167 cm³/mol. The Bertz CT molecular complexity index is 1110. The van der Waals surface area contributed by atoms with Gasteiger partial charge >= 0.3 is 5.69 Å².